The summed E-state index contributed by atoms with van der Waals surface area (Å²) in [5.41, 5.74) is 7.34. The molecule has 0 saturated carbocycles. The van der Waals surface area contributed by atoms with E-state index in [1.807, 2.05) is 0 Å². The van der Waals surface area contributed by atoms with E-state index >= 15 is 0 Å². The molecule has 0 atom stereocenters. The summed E-state index contributed by atoms with van der Waals surface area (Å²) < 4.78 is 5.63. The Hall–Kier alpha value is -3.41. The van der Waals surface area contributed by atoms with Crippen molar-refractivity contribution in [1.29, 1.82) is 0 Å². The van der Waals surface area contributed by atoms with Crippen molar-refractivity contribution in [2.75, 3.05) is 11.1 Å². The molecule has 114 valence electrons. The van der Waals surface area contributed by atoms with E-state index in [9.17, 15) is 4.79 Å². The minimum atomic E-state index is -0.238. The Morgan fingerprint density at radius 1 is 1.00 bits per heavy atom. The average molecular weight is 306 g/mol. The van der Waals surface area contributed by atoms with Gasteiger partial charge in [0, 0.05) is 23.0 Å². The van der Waals surface area contributed by atoms with Crippen molar-refractivity contribution in [2.24, 2.45) is 0 Å². The maximum absolute atomic E-state index is 12.2. The SMILES string of the molecule is Nc1cccc(C(=O)Nc2cccc(Oc3cncnc3)c2)c1. The molecule has 2 aromatic carbocycles. The lowest BCUT2D eigenvalue weighted by atomic mass is 10.2. The van der Waals surface area contributed by atoms with Crippen molar-refractivity contribution in [3.05, 3.63) is 72.8 Å². The quantitative estimate of drug-likeness (QED) is 0.723. The Bertz CT molecular complexity index is 822. The zero-order valence-corrected chi connectivity index (χ0v) is 12.1. The maximum atomic E-state index is 12.2. The summed E-state index contributed by atoms with van der Waals surface area (Å²) in [6.45, 7) is 0. The zero-order valence-electron chi connectivity index (χ0n) is 12.1. The highest BCUT2D eigenvalue weighted by Gasteiger charge is 2.07. The number of nitrogens with two attached hydrogens (primary N) is 1. The Balaban J connectivity index is 1.74. The van der Waals surface area contributed by atoms with Gasteiger partial charge in [-0.1, -0.05) is 12.1 Å². The van der Waals surface area contributed by atoms with Crippen molar-refractivity contribution in [3.63, 3.8) is 0 Å². The summed E-state index contributed by atoms with van der Waals surface area (Å²) in [4.78, 5) is 20.0. The molecule has 0 fully saturated rings. The number of aromatic nitrogens is 2. The van der Waals surface area contributed by atoms with Gasteiger partial charge in [0.2, 0.25) is 0 Å². The van der Waals surface area contributed by atoms with E-state index in [2.05, 4.69) is 15.3 Å². The molecule has 0 aliphatic rings. The standard InChI is InChI=1S/C17H14N4O2/c18-13-4-1-3-12(7-13)17(22)21-14-5-2-6-15(8-14)23-16-9-19-11-20-10-16/h1-11H,18H2,(H,21,22). The number of anilines is 2. The summed E-state index contributed by atoms with van der Waals surface area (Å²) in [7, 11) is 0. The lowest BCUT2D eigenvalue weighted by Crippen LogP contribution is -2.12. The van der Waals surface area contributed by atoms with Crippen molar-refractivity contribution < 1.29 is 9.53 Å². The Morgan fingerprint density at radius 2 is 1.78 bits per heavy atom. The van der Waals surface area contributed by atoms with Crippen molar-refractivity contribution >= 4 is 17.3 Å². The third-order valence-electron chi connectivity index (χ3n) is 3.01. The molecular weight excluding hydrogens is 292 g/mol. The van der Waals surface area contributed by atoms with Crippen LogP contribution in [0.5, 0.6) is 11.5 Å². The molecule has 3 aromatic rings. The van der Waals surface area contributed by atoms with Crippen molar-refractivity contribution in [2.45, 2.75) is 0 Å². The molecular formula is C17H14N4O2. The van der Waals surface area contributed by atoms with E-state index in [4.69, 9.17) is 10.5 Å². The number of nitrogens with one attached hydrogen (secondary N) is 1. The molecule has 6 nitrogen and oxygen atoms in total. The minimum absolute atomic E-state index is 0.238. The van der Waals surface area contributed by atoms with E-state index in [0.29, 0.717) is 28.4 Å². The van der Waals surface area contributed by atoms with Gasteiger partial charge >= 0.3 is 0 Å². The van der Waals surface area contributed by atoms with Crippen LogP contribution in [0.2, 0.25) is 0 Å². The van der Waals surface area contributed by atoms with Crippen LogP contribution in [0.1, 0.15) is 10.4 Å². The number of nitrogens with zero attached hydrogens (tertiary/aromatic N) is 2. The van der Waals surface area contributed by atoms with Gasteiger partial charge in [0.05, 0.1) is 12.4 Å². The fourth-order valence-corrected chi connectivity index (χ4v) is 1.99. The molecule has 0 aliphatic heterocycles. The third-order valence-corrected chi connectivity index (χ3v) is 3.01. The molecule has 3 N–H and O–H groups in total. The number of nitrogen functional groups attached to an aromatic ring is 1. The predicted molar refractivity (Wildman–Crippen MR) is 87.4 cm³/mol. The van der Waals surface area contributed by atoms with Crippen LogP contribution >= 0.6 is 0 Å². The van der Waals surface area contributed by atoms with Crippen LogP contribution in [-0.2, 0) is 0 Å². The van der Waals surface area contributed by atoms with Crippen LogP contribution in [0, 0.1) is 0 Å². The normalized spacial score (nSPS) is 10.1. The summed E-state index contributed by atoms with van der Waals surface area (Å²) in [5.74, 6) is 0.856. The summed E-state index contributed by atoms with van der Waals surface area (Å²) in [6, 6.07) is 13.9. The smallest absolute Gasteiger partial charge is 0.255 e. The van der Waals surface area contributed by atoms with Gasteiger partial charge in [-0.3, -0.25) is 4.79 Å². The molecule has 0 radical (unpaired) electrons. The molecule has 1 amide bonds. The number of amides is 1. The zero-order chi connectivity index (χ0) is 16.1. The molecule has 1 heterocycles. The Kier molecular flexibility index (Phi) is 4.15. The lowest BCUT2D eigenvalue weighted by molar-refractivity contribution is 0.102. The van der Waals surface area contributed by atoms with Crippen LogP contribution in [0.4, 0.5) is 11.4 Å². The second-order valence-electron chi connectivity index (χ2n) is 4.78. The van der Waals surface area contributed by atoms with Gasteiger partial charge in [0.1, 0.15) is 12.1 Å². The van der Waals surface area contributed by atoms with E-state index in [-0.39, 0.29) is 5.91 Å². The van der Waals surface area contributed by atoms with Crippen LogP contribution < -0.4 is 15.8 Å². The second kappa shape index (κ2) is 6.57. The lowest BCUT2D eigenvalue weighted by Gasteiger charge is -2.09. The van der Waals surface area contributed by atoms with Crippen LogP contribution in [0.3, 0.4) is 0 Å². The Labute approximate surface area is 133 Å². The average Bonchev–Trinajstić information content (AvgIpc) is 2.56. The molecule has 23 heavy (non-hydrogen) atoms. The fourth-order valence-electron chi connectivity index (χ4n) is 1.99. The maximum Gasteiger partial charge on any atom is 0.255 e. The summed E-state index contributed by atoms with van der Waals surface area (Å²) in [6.07, 6.45) is 4.55. The van der Waals surface area contributed by atoms with Gasteiger partial charge in [-0.15, -0.1) is 0 Å². The van der Waals surface area contributed by atoms with Gasteiger partial charge in [-0.25, -0.2) is 9.97 Å². The first-order chi connectivity index (χ1) is 11.2. The van der Waals surface area contributed by atoms with E-state index in [1.54, 1.807) is 60.9 Å². The molecule has 0 bridgehead atoms. The topological polar surface area (TPSA) is 90.1 Å². The van der Waals surface area contributed by atoms with E-state index in [0.717, 1.165) is 0 Å². The molecule has 0 saturated heterocycles. The van der Waals surface area contributed by atoms with E-state index in [1.165, 1.54) is 6.33 Å². The highest BCUT2D eigenvalue weighted by Crippen LogP contribution is 2.23. The van der Waals surface area contributed by atoms with Gasteiger partial charge in [-0.2, -0.15) is 0 Å². The summed E-state index contributed by atoms with van der Waals surface area (Å²) in [5, 5.41) is 2.81. The number of rotatable bonds is 4. The second-order valence-corrected chi connectivity index (χ2v) is 4.78. The van der Waals surface area contributed by atoms with Crippen LogP contribution in [0.25, 0.3) is 0 Å². The third kappa shape index (κ3) is 3.82. The molecule has 0 unspecified atom stereocenters. The molecule has 3 rings (SSSR count). The largest absolute Gasteiger partial charge is 0.454 e. The van der Waals surface area contributed by atoms with Crippen LogP contribution in [-0.4, -0.2) is 15.9 Å². The first-order valence-corrected chi connectivity index (χ1v) is 6.90. The van der Waals surface area contributed by atoms with Gasteiger partial charge in [-0.05, 0) is 30.3 Å². The van der Waals surface area contributed by atoms with E-state index < -0.39 is 0 Å². The fraction of sp³-hybridized carbons (Fsp3) is 0. The number of carbonyl (C=O) groups is 1. The Morgan fingerprint density at radius 3 is 2.57 bits per heavy atom. The van der Waals surface area contributed by atoms with Gasteiger partial charge < -0.3 is 15.8 Å². The summed E-state index contributed by atoms with van der Waals surface area (Å²) >= 11 is 0. The molecule has 0 aliphatic carbocycles. The first-order valence-electron chi connectivity index (χ1n) is 6.90. The number of carbonyl (C=O) groups excluding carboxylic acids is 1. The first kappa shape index (κ1) is 14.5. The molecule has 1 aromatic heterocycles. The van der Waals surface area contributed by atoms with Crippen LogP contribution in [0.15, 0.2) is 67.3 Å². The number of ether oxygens (including phenoxy) is 1. The minimum Gasteiger partial charge on any atom is -0.454 e. The van der Waals surface area contributed by atoms with Crippen molar-refractivity contribution in [1.82, 2.24) is 9.97 Å². The molecule has 0 spiro atoms. The highest BCUT2D eigenvalue weighted by atomic mass is 16.5. The number of hydrogen-bond acceptors (Lipinski definition) is 5. The predicted octanol–water partition coefficient (Wildman–Crippen LogP) is 3.10. The van der Waals surface area contributed by atoms with Crippen molar-refractivity contribution in [3.8, 4) is 11.5 Å². The highest BCUT2D eigenvalue weighted by molar-refractivity contribution is 6.04. The molecule has 6 heteroatoms. The number of benzene rings is 2. The van der Waals surface area contributed by atoms with Gasteiger partial charge in [0.25, 0.3) is 5.91 Å². The number of hydrogen-bond donors (Lipinski definition) is 2. The monoisotopic (exact) mass is 306 g/mol. The van der Waals surface area contributed by atoms with Gasteiger partial charge in [0.15, 0.2) is 5.75 Å².